The van der Waals surface area contributed by atoms with Gasteiger partial charge in [-0.1, -0.05) is 0 Å². The first kappa shape index (κ1) is 13.1. The summed E-state index contributed by atoms with van der Waals surface area (Å²) in [5.41, 5.74) is 2.03. The highest BCUT2D eigenvalue weighted by molar-refractivity contribution is 5.41. The first-order valence-electron chi connectivity index (χ1n) is 6.86. The monoisotopic (exact) mass is 275 g/mol. The molecule has 20 heavy (non-hydrogen) atoms. The topological polar surface area (TPSA) is 39.1 Å². The summed E-state index contributed by atoms with van der Waals surface area (Å²) in [7, 11) is 1.47. The van der Waals surface area contributed by atoms with Gasteiger partial charge in [-0.25, -0.2) is 9.37 Å². The molecule has 106 valence electrons. The van der Waals surface area contributed by atoms with Crippen molar-refractivity contribution in [1.82, 2.24) is 14.9 Å². The first-order valence-corrected chi connectivity index (χ1v) is 6.86. The molecule has 1 aliphatic rings. The van der Waals surface area contributed by atoms with Gasteiger partial charge in [-0.2, -0.15) is 0 Å². The van der Waals surface area contributed by atoms with Crippen LogP contribution < -0.4 is 10.1 Å². The van der Waals surface area contributed by atoms with E-state index in [9.17, 15) is 4.39 Å². The van der Waals surface area contributed by atoms with Crippen molar-refractivity contribution in [3.05, 3.63) is 42.2 Å². The Labute approximate surface area is 117 Å². The van der Waals surface area contributed by atoms with Crippen LogP contribution in [0.2, 0.25) is 0 Å². The van der Waals surface area contributed by atoms with Crippen LogP contribution >= 0.6 is 0 Å². The SMILES string of the molecule is COc1cc(-n2cncc2C2CCCNC2)ccc1F. The molecular formula is C15H18FN3O. The average molecular weight is 275 g/mol. The fourth-order valence-corrected chi connectivity index (χ4v) is 2.73. The Kier molecular flexibility index (Phi) is 3.69. The van der Waals surface area contributed by atoms with E-state index in [1.54, 1.807) is 18.5 Å². The molecule has 0 aliphatic carbocycles. The van der Waals surface area contributed by atoms with Crippen molar-refractivity contribution in [1.29, 1.82) is 0 Å². The molecule has 1 aliphatic heterocycles. The third kappa shape index (κ3) is 2.41. The van der Waals surface area contributed by atoms with Crippen molar-refractivity contribution < 1.29 is 9.13 Å². The van der Waals surface area contributed by atoms with E-state index in [2.05, 4.69) is 10.3 Å². The van der Waals surface area contributed by atoms with Crippen molar-refractivity contribution in [3.8, 4) is 11.4 Å². The summed E-state index contributed by atoms with van der Waals surface area (Å²) >= 11 is 0. The fraction of sp³-hybridized carbons (Fsp3) is 0.400. The predicted molar refractivity (Wildman–Crippen MR) is 74.9 cm³/mol. The number of piperidine rings is 1. The van der Waals surface area contributed by atoms with Gasteiger partial charge in [-0.05, 0) is 31.5 Å². The third-order valence-corrected chi connectivity index (χ3v) is 3.80. The molecule has 2 heterocycles. The summed E-state index contributed by atoms with van der Waals surface area (Å²) in [5, 5.41) is 3.41. The molecule has 1 atom stereocenters. The maximum absolute atomic E-state index is 13.5. The van der Waals surface area contributed by atoms with Crippen LogP contribution in [0.15, 0.2) is 30.7 Å². The van der Waals surface area contributed by atoms with Gasteiger partial charge in [-0.15, -0.1) is 0 Å². The van der Waals surface area contributed by atoms with E-state index in [4.69, 9.17) is 4.74 Å². The van der Waals surface area contributed by atoms with Crippen molar-refractivity contribution >= 4 is 0 Å². The number of benzene rings is 1. The standard InChI is InChI=1S/C15H18FN3O/c1-20-15-7-12(4-5-13(15)16)19-10-18-9-14(19)11-3-2-6-17-8-11/h4-5,7,9-11,17H,2-3,6,8H2,1H3. The maximum Gasteiger partial charge on any atom is 0.165 e. The Morgan fingerprint density at radius 2 is 2.35 bits per heavy atom. The normalized spacial score (nSPS) is 19.0. The summed E-state index contributed by atoms with van der Waals surface area (Å²) in [6, 6.07) is 4.88. The quantitative estimate of drug-likeness (QED) is 0.935. The molecule has 0 bridgehead atoms. The number of nitrogens with one attached hydrogen (secondary N) is 1. The van der Waals surface area contributed by atoms with Crippen LogP contribution in [0.4, 0.5) is 4.39 Å². The molecular weight excluding hydrogens is 257 g/mol. The predicted octanol–water partition coefficient (Wildman–Crippen LogP) is 2.49. The van der Waals surface area contributed by atoms with Crippen LogP contribution in [0, 0.1) is 5.82 Å². The summed E-state index contributed by atoms with van der Waals surface area (Å²) in [4.78, 5) is 4.25. The van der Waals surface area contributed by atoms with E-state index in [-0.39, 0.29) is 11.6 Å². The van der Waals surface area contributed by atoms with Crippen LogP contribution in [0.3, 0.4) is 0 Å². The van der Waals surface area contributed by atoms with E-state index in [1.807, 2.05) is 10.8 Å². The largest absolute Gasteiger partial charge is 0.494 e. The minimum absolute atomic E-state index is 0.254. The zero-order valence-electron chi connectivity index (χ0n) is 11.5. The van der Waals surface area contributed by atoms with Gasteiger partial charge in [0.1, 0.15) is 0 Å². The zero-order chi connectivity index (χ0) is 13.9. The molecule has 1 unspecified atom stereocenters. The van der Waals surface area contributed by atoms with Gasteiger partial charge < -0.3 is 14.6 Å². The summed E-state index contributed by atoms with van der Waals surface area (Å²) in [6.07, 6.45) is 5.99. The highest BCUT2D eigenvalue weighted by atomic mass is 19.1. The summed E-state index contributed by atoms with van der Waals surface area (Å²) in [6.45, 7) is 2.04. The zero-order valence-corrected chi connectivity index (χ0v) is 11.5. The minimum Gasteiger partial charge on any atom is -0.494 e. The first-order chi connectivity index (χ1) is 9.79. The van der Waals surface area contributed by atoms with Crippen molar-refractivity contribution in [2.45, 2.75) is 18.8 Å². The second-order valence-corrected chi connectivity index (χ2v) is 5.05. The molecule has 4 nitrogen and oxygen atoms in total. The van der Waals surface area contributed by atoms with E-state index in [1.165, 1.54) is 19.6 Å². The second kappa shape index (κ2) is 5.63. The minimum atomic E-state index is -0.350. The van der Waals surface area contributed by atoms with Crippen LogP contribution in [0.25, 0.3) is 5.69 Å². The highest BCUT2D eigenvalue weighted by Gasteiger charge is 2.19. The lowest BCUT2D eigenvalue weighted by molar-refractivity contribution is 0.386. The molecule has 1 N–H and O–H groups in total. The van der Waals surface area contributed by atoms with Gasteiger partial charge >= 0.3 is 0 Å². The van der Waals surface area contributed by atoms with E-state index >= 15 is 0 Å². The Hall–Kier alpha value is -1.88. The van der Waals surface area contributed by atoms with Crippen LogP contribution in [0.1, 0.15) is 24.5 Å². The number of ether oxygens (including phenoxy) is 1. The van der Waals surface area contributed by atoms with Crippen molar-refractivity contribution in [2.75, 3.05) is 20.2 Å². The number of methoxy groups -OCH3 is 1. The molecule has 5 heteroatoms. The van der Waals surface area contributed by atoms with Gasteiger partial charge in [0.05, 0.1) is 19.1 Å². The van der Waals surface area contributed by atoms with Crippen molar-refractivity contribution in [3.63, 3.8) is 0 Å². The number of rotatable bonds is 3. The van der Waals surface area contributed by atoms with Gasteiger partial charge in [0, 0.05) is 30.4 Å². The van der Waals surface area contributed by atoms with E-state index < -0.39 is 0 Å². The average Bonchev–Trinajstić information content (AvgIpc) is 2.98. The Balaban J connectivity index is 1.96. The molecule has 0 saturated carbocycles. The Morgan fingerprint density at radius 1 is 1.45 bits per heavy atom. The summed E-state index contributed by atoms with van der Waals surface area (Å²) < 4.78 is 20.6. The maximum atomic E-state index is 13.5. The molecule has 1 saturated heterocycles. The van der Waals surface area contributed by atoms with Gasteiger partial charge in [-0.3, -0.25) is 0 Å². The second-order valence-electron chi connectivity index (χ2n) is 5.05. The molecule has 0 spiro atoms. The Morgan fingerprint density at radius 3 is 3.10 bits per heavy atom. The molecule has 3 rings (SSSR count). The molecule has 1 aromatic heterocycles. The highest BCUT2D eigenvalue weighted by Crippen LogP contribution is 2.27. The molecule has 2 aromatic rings. The number of nitrogens with zero attached hydrogens (tertiary/aromatic N) is 2. The number of imidazole rings is 1. The lowest BCUT2D eigenvalue weighted by atomic mass is 9.96. The smallest absolute Gasteiger partial charge is 0.165 e. The Bertz CT molecular complexity index is 591. The van der Waals surface area contributed by atoms with Gasteiger partial charge in [0.25, 0.3) is 0 Å². The molecule has 0 radical (unpaired) electrons. The van der Waals surface area contributed by atoms with Gasteiger partial charge in [0.15, 0.2) is 11.6 Å². The number of halogens is 1. The van der Waals surface area contributed by atoms with E-state index in [0.29, 0.717) is 5.92 Å². The number of aromatic nitrogens is 2. The summed E-state index contributed by atoms with van der Waals surface area (Å²) in [5.74, 6) is 0.350. The van der Waals surface area contributed by atoms with Crippen LogP contribution in [0.5, 0.6) is 5.75 Å². The van der Waals surface area contributed by atoms with Crippen LogP contribution in [-0.4, -0.2) is 29.8 Å². The number of hydrogen-bond donors (Lipinski definition) is 1. The van der Waals surface area contributed by atoms with Crippen LogP contribution in [-0.2, 0) is 0 Å². The van der Waals surface area contributed by atoms with E-state index in [0.717, 1.165) is 30.9 Å². The molecule has 1 aromatic carbocycles. The molecule has 1 fully saturated rings. The third-order valence-electron chi connectivity index (χ3n) is 3.80. The van der Waals surface area contributed by atoms with Gasteiger partial charge in [0.2, 0.25) is 0 Å². The lowest BCUT2D eigenvalue weighted by Crippen LogP contribution is -2.29. The molecule has 0 amide bonds. The fourth-order valence-electron chi connectivity index (χ4n) is 2.73. The van der Waals surface area contributed by atoms with Crippen molar-refractivity contribution in [2.24, 2.45) is 0 Å². The number of hydrogen-bond acceptors (Lipinski definition) is 3. The lowest BCUT2D eigenvalue weighted by Gasteiger charge is -2.23.